The van der Waals surface area contributed by atoms with Crippen molar-refractivity contribution in [3.63, 3.8) is 0 Å². The molecule has 0 unspecified atom stereocenters. The molecule has 0 heterocycles. The van der Waals surface area contributed by atoms with E-state index in [0.717, 1.165) is 17.8 Å². The highest BCUT2D eigenvalue weighted by atomic mass is 35.5. The molecule has 2 aromatic rings. The molecule has 6 heteroatoms. The molecule has 1 N–H and O–H groups in total. The number of rotatable bonds is 7. The Kier molecular flexibility index (Phi) is 6.90. The number of aliphatic imine (C=N–C) groups is 1. The fourth-order valence-electron chi connectivity index (χ4n) is 2.57. The number of Topliss-reactive ketones (excluding diaryl/α,β-unsaturated/α-hetero) is 1. The number of carbonyl (C=O) groups is 1. The van der Waals surface area contributed by atoms with E-state index in [1.165, 1.54) is 6.07 Å². The van der Waals surface area contributed by atoms with E-state index in [0.29, 0.717) is 22.8 Å². The molecule has 0 bridgehead atoms. The molecule has 2 rings (SSSR count). The fraction of sp³-hybridized carbons (Fsp3) is 0.250. The number of hydrogen-bond acceptors (Lipinski definition) is 5. The maximum absolute atomic E-state index is 12.5. The second-order valence-electron chi connectivity index (χ2n) is 5.69. The smallest absolute Gasteiger partial charge is 0.222 e. The van der Waals surface area contributed by atoms with E-state index < -0.39 is 5.78 Å². The molecule has 0 aliphatic carbocycles. The van der Waals surface area contributed by atoms with E-state index in [9.17, 15) is 10.1 Å². The number of aryl methyl sites for hydroxylation is 1. The largest absolute Gasteiger partial charge is 0.395 e. The van der Waals surface area contributed by atoms with Crippen LogP contribution in [0.25, 0.3) is 0 Å². The Hall–Kier alpha value is -2.68. The summed E-state index contributed by atoms with van der Waals surface area (Å²) in [7, 11) is 0. The summed E-state index contributed by atoms with van der Waals surface area (Å²) in [5.41, 5.74) is 2.49. The van der Waals surface area contributed by atoms with E-state index >= 15 is 0 Å². The highest BCUT2D eigenvalue weighted by molar-refractivity contribution is 6.52. The van der Waals surface area contributed by atoms with Crippen LogP contribution in [0.3, 0.4) is 0 Å². The van der Waals surface area contributed by atoms with Gasteiger partial charge in [-0.15, -0.1) is 0 Å². The summed E-state index contributed by atoms with van der Waals surface area (Å²) >= 11 is 5.91. The molecule has 5 nitrogen and oxygen atoms in total. The Bertz CT molecular complexity index is 872. The second kappa shape index (κ2) is 9.14. The van der Waals surface area contributed by atoms with Crippen molar-refractivity contribution in [1.82, 2.24) is 0 Å². The van der Waals surface area contributed by atoms with Gasteiger partial charge < -0.3 is 10.0 Å². The van der Waals surface area contributed by atoms with Crippen LogP contribution in [0.5, 0.6) is 0 Å². The van der Waals surface area contributed by atoms with E-state index in [2.05, 4.69) is 4.99 Å². The van der Waals surface area contributed by atoms with Crippen molar-refractivity contribution in [2.75, 3.05) is 24.6 Å². The Morgan fingerprint density at radius 3 is 2.65 bits per heavy atom. The minimum atomic E-state index is -0.464. The zero-order valence-corrected chi connectivity index (χ0v) is 15.5. The van der Waals surface area contributed by atoms with Crippen LogP contribution < -0.4 is 4.90 Å². The Labute approximate surface area is 158 Å². The van der Waals surface area contributed by atoms with Crippen molar-refractivity contribution in [2.24, 2.45) is 4.99 Å². The minimum Gasteiger partial charge on any atom is -0.395 e. The van der Waals surface area contributed by atoms with Gasteiger partial charge in [0.15, 0.2) is 5.71 Å². The highest BCUT2D eigenvalue weighted by Crippen LogP contribution is 2.25. The van der Waals surface area contributed by atoms with E-state index in [1.54, 1.807) is 24.3 Å². The topological polar surface area (TPSA) is 76.7 Å². The summed E-state index contributed by atoms with van der Waals surface area (Å²) in [6.07, 6.45) is 0. The maximum atomic E-state index is 12.5. The predicted molar refractivity (Wildman–Crippen MR) is 105 cm³/mol. The lowest BCUT2D eigenvalue weighted by Gasteiger charge is -2.22. The van der Waals surface area contributed by atoms with Crippen LogP contribution in [0.1, 0.15) is 22.8 Å². The third-order valence-electron chi connectivity index (χ3n) is 3.94. The van der Waals surface area contributed by atoms with Crippen LogP contribution in [-0.2, 0) is 0 Å². The van der Waals surface area contributed by atoms with Gasteiger partial charge in [-0.1, -0.05) is 23.7 Å². The van der Waals surface area contributed by atoms with Crippen molar-refractivity contribution in [3.8, 4) is 6.07 Å². The Morgan fingerprint density at radius 2 is 2.08 bits per heavy atom. The van der Waals surface area contributed by atoms with Crippen molar-refractivity contribution in [1.29, 1.82) is 5.26 Å². The summed E-state index contributed by atoms with van der Waals surface area (Å²) in [4.78, 5) is 18.8. The third-order valence-corrected chi connectivity index (χ3v) is 4.17. The first kappa shape index (κ1) is 19.6. The molecule has 0 fully saturated rings. The quantitative estimate of drug-likeness (QED) is 0.592. The normalized spacial score (nSPS) is 11.1. The first-order valence-electron chi connectivity index (χ1n) is 8.25. The molecule has 0 atom stereocenters. The zero-order valence-electron chi connectivity index (χ0n) is 14.7. The van der Waals surface area contributed by atoms with Gasteiger partial charge in [0.2, 0.25) is 5.78 Å². The monoisotopic (exact) mass is 369 g/mol. The number of likely N-dealkylation sites (N-methyl/N-ethyl adjacent to an activating group) is 1. The Morgan fingerprint density at radius 1 is 1.31 bits per heavy atom. The van der Waals surface area contributed by atoms with Crippen LogP contribution in [0.2, 0.25) is 5.02 Å². The van der Waals surface area contributed by atoms with Crippen LogP contribution >= 0.6 is 11.6 Å². The van der Waals surface area contributed by atoms with Gasteiger partial charge in [0.05, 0.1) is 12.3 Å². The van der Waals surface area contributed by atoms with Gasteiger partial charge in [0, 0.05) is 29.4 Å². The van der Waals surface area contributed by atoms with Crippen molar-refractivity contribution in [2.45, 2.75) is 13.8 Å². The maximum Gasteiger partial charge on any atom is 0.222 e. The summed E-state index contributed by atoms with van der Waals surface area (Å²) in [5.74, 6) is -0.464. The van der Waals surface area contributed by atoms with Gasteiger partial charge >= 0.3 is 0 Å². The van der Waals surface area contributed by atoms with E-state index in [1.807, 2.05) is 36.9 Å². The van der Waals surface area contributed by atoms with Crippen molar-refractivity contribution >= 4 is 34.5 Å². The number of halogens is 1. The Balaban J connectivity index is 2.34. The standard InChI is InChI=1S/C20H20ClN3O2/c1-3-24(9-10-25)17-7-8-18(14(2)11-17)23-19(13-22)20(26)15-5-4-6-16(21)12-15/h4-8,11-12,25H,3,9-10H2,1-2H3. The lowest BCUT2D eigenvalue weighted by atomic mass is 10.1. The fourth-order valence-corrected chi connectivity index (χ4v) is 2.76. The van der Waals surface area contributed by atoms with E-state index in [4.69, 9.17) is 16.7 Å². The molecule has 134 valence electrons. The molecule has 0 spiro atoms. The molecular formula is C20H20ClN3O2. The summed E-state index contributed by atoms with van der Waals surface area (Å²) in [6, 6.07) is 13.9. The number of ketones is 1. The lowest BCUT2D eigenvalue weighted by Crippen LogP contribution is -2.26. The second-order valence-corrected chi connectivity index (χ2v) is 6.12. The molecule has 0 amide bonds. The minimum absolute atomic E-state index is 0.0690. The van der Waals surface area contributed by atoms with Gasteiger partial charge in [-0.05, 0) is 49.7 Å². The average molecular weight is 370 g/mol. The predicted octanol–water partition coefficient (Wildman–Crippen LogP) is 3.95. The number of carbonyl (C=O) groups excluding carboxylic acids is 1. The SMILES string of the molecule is CCN(CCO)c1ccc(N=C(C#N)C(=O)c2cccc(Cl)c2)c(C)c1. The molecule has 2 aromatic carbocycles. The molecule has 0 saturated heterocycles. The molecular weight excluding hydrogens is 350 g/mol. The van der Waals surface area contributed by atoms with Gasteiger partial charge in [-0.3, -0.25) is 4.79 Å². The van der Waals surface area contributed by atoms with Crippen LogP contribution in [0.4, 0.5) is 11.4 Å². The number of aliphatic hydroxyl groups excluding tert-OH is 1. The summed E-state index contributed by atoms with van der Waals surface area (Å²) < 4.78 is 0. The number of anilines is 1. The third kappa shape index (κ3) is 4.69. The zero-order chi connectivity index (χ0) is 19.1. The summed E-state index contributed by atoms with van der Waals surface area (Å²) in [5, 5.41) is 18.9. The molecule has 0 aliphatic heterocycles. The summed E-state index contributed by atoms with van der Waals surface area (Å²) in [6.45, 7) is 5.25. The lowest BCUT2D eigenvalue weighted by molar-refractivity contribution is 0.106. The van der Waals surface area contributed by atoms with Crippen LogP contribution in [0.15, 0.2) is 47.5 Å². The number of aliphatic hydroxyl groups is 1. The van der Waals surface area contributed by atoms with Gasteiger partial charge in [0.1, 0.15) is 6.07 Å². The molecule has 0 aromatic heterocycles. The number of nitrogens with zero attached hydrogens (tertiary/aromatic N) is 3. The molecule has 0 saturated carbocycles. The molecule has 0 aliphatic rings. The first-order valence-corrected chi connectivity index (χ1v) is 8.63. The average Bonchev–Trinajstić information content (AvgIpc) is 2.64. The molecule has 0 radical (unpaired) electrons. The van der Waals surface area contributed by atoms with Gasteiger partial charge in [-0.25, -0.2) is 4.99 Å². The highest BCUT2D eigenvalue weighted by Gasteiger charge is 2.15. The van der Waals surface area contributed by atoms with Gasteiger partial charge in [0.25, 0.3) is 0 Å². The van der Waals surface area contributed by atoms with Gasteiger partial charge in [-0.2, -0.15) is 5.26 Å². The van der Waals surface area contributed by atoms with Crippen molar-refractivity contribution in [3.05, 3.63) is 58.6 Å². The number of nitriles is 1. The van der Waals surface area contributed by atoms with E-state index in [-0.39, 0.29) is 12.3 Å². The van der Waals surface area contributed by atoms with Crippen molar-refractivity contribution < 1.29 is 9.90 Å². The van der Waals surface area contributed by atoms with Crippen LogP contribution in [-0.4, -0.2) is 36.3 Å². The van der Waals surface area contributed by atoms with Crippen LogP contribution in [0, 0.1) is 18.3 Å². The first-order chi connectivity index (χ1) is 12.5. The number of hydrogen-bond donors (Lipinski definition) is 1. The molecule has 26 heavy (non-hydrogen) atoms. The number of benzene rings is 2.